The lowest BCUT2D eigenvalue weighted by Gasteiger charge is -2.09. The number of thiophene rings is 1. The van der Waals surface area contributed by atoms with Gasteiger partial charge in [0.15, 0.2) is 0 Å². The van der Waals surface area contributed by atoms with Gasteiger partial charge in [0, 0.05) is 33.4 Å². The first-order valence-electron chi connectivity index (χ1n) is 4.90. The normalized spacial score (nSPS) is 18.4. The molecule has 1 aliphatic carbocycles. The number of nitrogens with two attached hydrogens (primary N) is 1. The molecule has 1 aromatic rings. The molecule has 0 unspecified atom stereocenters. The van der Waals surface area contributed by atoms with Crippen molar-refractivity contribution in [2.45, 2.75) is 24.8 Å². The van der Waals surface area contributed by atoms with E-state index in [4.69, 9.17) is 5.73 Å². The quantitative estimate of drug-likeness (QED) is 0.808. The summed E-state index contributed by atoms with van der Waals surface area (Å²) in [5.41, 5.74) is 6.10. The molecule has 0 bridgehead atoms. The van der Waals surface area contributed by atoms with Gasteiger partial charge >= 0.3 is 0 Å². The maximum atomic E-state index is 5.96. The second-order valence-electron chi connectivity index (χ2n) is 4.02. The van der Waals surface area contributed by atoms with E-state index < -0.39 is 0 Å². The third-order valence-corrected chi connectivity index (χ3v) is 4.30. The Hall–Kier alpha value is 0.1000. The van der Waals surface area contributed by atoms with Gasteiger partial charge in [-0.3, -0.25) is 0 Å². The van der Waals surface area contributed by atoms with E-state index >= 15 is 0 Å². The number of hydrogen-bond acceptors (Lipinski definition) is 3. The van der Waals surface area contributed by atoms with Crippen molar-refractivity contribution in [2.75, 3.05) is 13.1 Å². The van der Waals surface area contributed by atoms with E-state index in [1.807, 2.05) is 0 Å². The lowest BCUT2D eigenvalue weighted by Crippen LogP contribution is -2.36. The smallest absolute Gasteiger partial charge is 0.0285 e. The van der Waals surface area contributed by atoms with E-state index in [1.165, 1.54) is 22.2 Å². The molecule has 4 heteroatoms. The molecule has 1 saturated carbocycles. The summed E-state index contributed by atoms with van der Waals surface area (Å²) in [6.07, 6.45) is 3.47. The molecule has 0 spiro atoms. The first-order chi connectivity index (χ1) is 6.68. The van der Waals surface area contributed by atoms with Crippen LogP contribution in [0.5, 0.6) is 0 Å². The Morgan fingerprint density at radius 2 is 2.36 bits per heavy atom. The highest BCUT2D eigenvalue weighted by Gasteiger charge is 2.37. The highest BCUT2D eigenvalue weighted by atomic mass is 79.9. The average molecular weight is 275 g/mol. The van der Waals surface area contributed by atoms with Crippen molar-refractivity contribution >= 4 is 27.3 Å². The fourth-order valence-electron chi connectivity index (χ4n) is 1.37. The fraction of sp³-hybridized carbons (Fsp3) is 0.600. The Morgan fingerprint density at radius 1 is 1.57 bits per heavy atom. The molecule has 1 aromatic heterocycles. The Labute approximate surface area is 97.0 Å². The largest absolute Gasteiger partial charge is 0.324 e. The van der Waals surface area contributed by atoms with E-state index in [2.05, 4.69) is 32.7 Å². The van der Waals surface area contributed by atoms with Gasteiger partial charge in [0.1, 0.15) is 0 Å². The maximum absolute atomic E-state index is 5.96. The first kappa shape index (κ1) is 10.6. The predicted octanol–water partition coefficient (Wildman–Crippen LogP) is 2.13. The van der Waals surface area contributed by atoms with Gasteiger partial charge in [0.05, 0.1) is 0 Å². The van der Waals surface area contributed by atoms with Gasteiger partial charge in [0.2, 0.25) is 0 Å². The second kappa shape index (κ2) is 4.31. The molecule has 1 heterocycles. The van der Waals surface area contributed by atoms with Crippen LogP contribution in [0, 0.1) is 0 Å². The Kier molecular flexibility index (Phi) is 3.27. The van der Waals surface area contributed by atoms with Crippen molar-refractivity contribution in [3.05, 3.63) is 20.8 Å². The zero-order chi connectivity index (χ0) is 10.0. The van der Waals surface area contributed by atoms with Crippen molar-refractivity contribution in [2.24, 2.45) is 5.73 Å². The summed E-state index contributed by atoms with van der Waals surface area (Å²) in [6.45, 7) is 2.01. The van der Waals surface area contributed by atoms with Gasteiger partial charge in [-0.1, -0.05) is 0 Å². The second-order valence-corrected chi connectivity index (χ2v) is 5.93. The van der Waals surface area contributed by atoms with Crippen LogP contribution in [0.4, 0.5) is 0 Å². The van der Waals surface area contributed by atoms with Crippen LogP contribution in [0.15, 0.2) is 15.9 Å². The van der Waals surface area contributed by atoms with Gasteiger partial charge in [0.25, 0.3) is 0 Å². The van der Waals surface area contributed by atoms with Gasteiger partial charge in [-0.2, -0.15) is 0 Å². The molecule has 78 valence electrons. The molecule has 0 atom stereocenters. The van der Waals surface area contributed by atoms with Gasteiger partial charge in [-0.25, -0.2) is 0 Å². The fourth-order valence-corrected chi connectivity index (χ4v) is 2.83. The van der Waals surface area contributed by atoms with Crippen molar-refractivity contribution in [3.63, 3.8) is 0 Å². The molecule has 0 amide bonds. The molecule has 0 aliphatic heterocycles. The topological polar surface area (TPSA) is 38.0 Å². The first-order valence-corrected chi connectivity index (χ1v) is 6.58. The molecule has 1 fully saturated rings. The summed E-state index contributed by atoms with van der Waals surface area (Å²) in [5.74, 6) is 0. The van der Waals surface area contributed by atoms with Gasteiger partial charge < -0.3 is 11.1 Å². The van der Waals surface area contributed by atoms with E-state index in [-0.39, 0.29) is 5.54 Å². The molecule has 0 radical (unpaired) electrons. The van der Waals surface area contributed by atoms with Crippen LogP contribution < -0.4 is 11.1 Å². The summed E-state index contributed by atoms with van der Waals surface area (Å²) >= 11 is 5.26. The number of hydrogen-bond donors (Lipinski definition) is 2. The van der Waals surface area contributed by atoms with Crippen molar-refractivity contribution in [1.29, 1.82) is 0 Å². The molecule has 0 saturated heterocycles. The van der Waals surface area contributed by atoms with Crippen LogP contribution >= 0.6 is 27.3 Å². The third-order valence-electron chi connectivity index (χ3n) is 2.54. The molecule has 3 N–H and O–H groups in total. The maximum Gasteiger partial charge on any atom is 0.0285 e. The number of rotatable bonds is 5. The highest BCUT2D eigenvalue weighted by molar-refractivity contribution is 9.10. The van der Waals surface area contributed by atoms with E-state index in [1.54, 1.807) is 11.3 Å². The lowest BCUT2D eigenvalue weighted by atomic mass is 10.3. The summed E-state index contributed by atoms with van der Waals surface area (Å²) in [7, 11) is 0. The van der Waals surface area contributed by atoms with E-state index in [9.17, 15) is 0 Å². The molecular formula is C10H15BrN2S. The van der Waals surface area contributed by atoms with Crippen LogP contribution in [0.25, 0.3) is 0 Å². The summed E-state index contributed by atoms with van der Waals surface area (Å²) in [4.78, 5) is 1.42. The number of nitrogens with one attached hydrogen (secondary N) is 1. The van der Waals surface area contributed by atoms with Crippen molar-refractivity contribution < 1.29 is 0 Å². The molecule has 2 rings (SSSR count). The Bertz CT molecular complexity index is 307. The zero-order valence-corrected chi connectivity index (χ0v) is 10.5. The molecule has 1 aliphatic rings. The standard InChI is InChI=1S/C10H15BrN2S/c11-8-5-9(14-6-8)1-4-13-7-10(12)2-3-10/h5-6,13H,1-4,7,12H2. The summed E-state index contributed by atoms with van der Waals surface area (Å²) < 4.78 is 1.19. The van der Waals surface area contributed by atoms with Crippen molar-refractivity contribution in [3.8, 4) is 0 Å². The zero-order valence-electron chi connectivity index (χ0n) is 8.05. The lowest BCUT2D eigenvalue weighted by molar-refractivity contribution is 0.572. The van der Waals surface area contributed by atoms with E-state index in [0.29, 0.717) is 0 Å². The summed E-state index contributed by atoms with van der Waals surface area (Å²) in [5, 5.41) is 5.54. The minimum absolute atomic E-state index is 0.135. The van der Waals surface area contributed by atoms with Gasteiger partial charge in [-0.15, -0.1) is 11.3 Å². The van der Waals surface area contributed by atoms with E-state index in [0.717, 1.165) is 19.5 Å². The van der Waals surface area contributed by atoms with Crippen LogP contribution in [-0.4, -0.2) is 18.6 Å². The SMILES string of the molecule is NC1(CNCCc2cc(Br)cs2)CC1. The predicted molar refractivity (Wildman–Crippen MR) is 64.7 cm³/mol. The van der Waals surface area contributed by atoms with Crippen LogP contribution in [-0.2, 0) is 6.42 Å². The van der Waals surface area contributed by atoms with Gasteiger partial charge in [-0.05, 0) is 41.3 Å². The molecular weight excluding hydrogens is 260 g/mol. The van der Waals surface area contributed by atoms with Crippen LogP contribution in [0.3, 0.4) is 0 Å². The Balaban J connectivity index is 1.63. The minimum atomic E-state index is 0.135. The minimum Gasteiger partial charge on any atom is -0.324 e. The van der Waals surface area contributed by atoms with Crippen LogP contribution in [0.1, 0.15) is 17.7 Å². The highest BCUT2D eigenvalue weighted by Crippen LogP contribution is 2.30. The molecule has 2 nitrogen and oxygen atoms in total. The molecule has 14 heavy (non-hydrogen) atoms. The van der Waals surface area contributed by atoms with Crippen LogP contribution in [0.2, 0.25) is 0 Å². The number of halogens is 1. The molecule has 0 aromatic carbocycles. The monoisotopic (exact) mass is 274 g/mol. The average Bonchev–Trinajstić information content (AvgIpc) is 2.73. The third kappa shape index (κ3) is 3.05. The Morgan fingerprint density at radius 3 is 2.93 bits per heavy atom. The summed E-state index contributed by atoms with van der Waals surface area (Å²) in [6, 6.07) is 2.18. The van der Waals surface area contributed by atoms with Crippen molar-refractivity contribution in [1.82, 2.24) is 5.32 Å².